The molecule has 0 radical (unpaired) electrons. The molecule has 70 valence electrons. The molecule has 1 aliphatic carbocycles. The van der Waals surface area contributed by atoms with Crippen LogP contribution in [-0.2, 0) is 9.63 Å². The van der Waals surface area contributed by atoms with E-state index >= 15 is 0 Å². The number of hydrogen-bond acceptors (Lipinski definition) is 3. The third-order valence-corrected chi connectivity index (χ3v) is 2.81. The minimum atomic E-state index is -0.746. The highest BCUT2D eigenvalue weighted by Gasteiger charge is 2.47. The Kier molecular flexibility index (Phi) is 1.97. The molecule has 2 fully saturated rings. The lowest BCUT2D eigenvalue weighted by atomic mass is 9.69. The molecule has 1 aliphatic heterocycles. The summed E-state index contributed by atoms with van der Waals surface area (Å²) in [7, 11) is 0. The van der Waals surface area contributed by atoms with Crippen LogP contribution in [0.5, 0.6) is 0 Å². The highest BCUT2D eigenvalue weighted by atomic mass is 16.7. The number of nitriles is 1. The second-order valence-corrected chi connectivity index (χ2v) is 3.64. The largest absolute Gasteiger partial charge is 0.271 e. The Hall–Kier alpha value is -1.08. The van der Waals surface area contributed by atoms with Crippen molar-refractivity contribution in [3.05, 3.63) is 0 Å². The second-order valence-electron chi connectivity index (χ2n) is 3.64. The summed E-state index contributed by atoms with van der Waals surface area (Å²) in [6, 6.07) is 2.12. The number of hydroxylamine groups is 2. The van der Waals surface area contributed by atoms with E-state index in [1.54, 1.807) is 0 Å². The molecule has 0 atom stereocenters. The first kappa shape index (κ1) is 8.52. The van der Waals surface area contributed by atoms with Crippen molar-refractivity contribution >= 4 is 5.91 Å². The molecule has 0 aromatic carbocycles. The first-order valence-corrected chi connectivity index (χ1v) is 4.65. The molecule has 1 saturated carbocycles. The molecule has 2 aliphatic rings. The lowest BCUT2D eigenvalue weighted by Gasteiger charge is -2.35. The van der Waals surface area contributed by atoms with Gasteiger partial charge in [-0.1, -0.05) is 0 Å². The van der Waals surface area contributed by atoms with Crippen molar-refractivity contribution in [1.82, 2.24) is 5.06 Å². The molecule has 13 heavy (non-hydrogen) atoms. The summed E-state index contributed by atoms with van der Waals surface area (Å²) in [5.41, 5.74) is -0.746. The Bertz CT molecular complexity index is 259. The lowest BCUT2D eigenvalue weighted by molar-refractivity contribution is -0.181. The van der Waals surface area contributed by atoms with Crippen molar-refractivity contribution in [3.63, 3.8) is 0 Å². The molecule has 1 saturated heterocycles. The summed E-state index contributed by atoms with van der Waals surface area (Å²) >= 11 is 0. The average molecular weight is 180 g/mol. The molecule has 4 heteroatoms. The van der Waals surface area contributed by atoms with Gasteiger partial charge >= 0.3 is 0 Å². The molecule has 0 bridgehead atoms. The maximum Gasteiger partial charge on any atom is 0.266 e. The monoisotopic (exact) mass is 180 g/mol. The van der Waals surface area contributed by atoms with Crippen LogP contribution in [0.3, 0.4) is 0 Å². The van der Waals surface area contributed by atoms with Gasteiger partial charge in [-0.3, -0.25) is 9.63 Å². The Morgan fingerprint density at radius 2 is 2.23 bits per heavy atom. The van der Waals surface area contributed by atoms with Crippen LogP contribution >= 0.6 is 0 Å². The maximum absolute atomic E-state index is 11.8. The van der Waals surface area contributed by atoms with Crippen molar-refractivity contribution in [3.8, 4) is 6.07 Å². The summed E-state index contributed by atoms with van der Waals surface area (Å²) in [5.74, 6) is -0.126. The van der Waals surface area contributed by atoms with Gasteiger partial charge in [-0.05, 0) is 25.7 Å². The van der Waals surface area contributed by atoms with Crippen molar-refractivity contribution in [2.24, 2.45) is 5.41 Å². The third kappa shape index (κ3) is 1.20. The number of carbonyl (C=O) groups excluding carboxylic acids is 1. The van der Waals surface area contributed by atoms with E-state index in [9.17, 15) is 4.79 Å². The van der Waals surface area contributed by atoms with E-state index in [0.717, 1.165) is 12.8 Å². The van der Waals surface area contributed by atoms with Gasteiger partial charge < -0.3 is 0 Å². The number of amides is 1. The zero-order valence-corrected chi connectivity index (χ0v) is 7.45. The molecular weight excluding hydrogens is 168 g/mol. The summed E-state index contributed by atoms with van der Waals surface area (Å²) < 4.78 is 0. The lowest BCUT2D eigenvalue weighted by Crippen LogP contribution is -2.45. The topological polar surface area (TPSA) is 53.3 Å². The van der Waals surface area contributed by atoms with Gasteiger partial charge in [0.1, 0.15) is 5.41 Å². The Balaban J connectivity index is 2.07. The molecular formula is C9H12N2O2. The van der Waals surface area contributed by atoms with Crippen LogP contribution in [0.4, 0.5) is 0 Å². The van der Waals surface area contributed by atoms with Crippen LogP contribution in [0.2, 0.25) is 0 Å². The Morgan fingerprint density at radius 3 is 2.62 bits per heavy atom. The zero-order chi connectivity index (χ0) is 9.31. The van der Waals surface area contributed by atoms with Gasteiger partial charge in [0.2, 0.25) is 0 Å². The SMILES string of the molecule is N#CC1(C(=O)N2CCCO2)CCC1. The number of hydrogen-bond donors (Lipinski definition) is 0. The number of carbonyl (C=O) groups is 1. The Morgan fingerprint density at radius 1 is 1.46 bits per heavy atom. The predicted octanol–water partition coefficient (Wildman–Crippen LogP) is 0.844. The van der Waals surface area contributed by atoms with Crippen LogP contribution in [0.15, 0.2) is 0 Å². The highest BCUT2D eigenvalue weighted by Crippen LogP contribution is 2.42. The van der Waals surface area contributed by atoms with Gasteiger partial charge in [0.15, 0.2) is 0 Å². The molecule has 0 unspecified atom stereocenters. The molecule has 2 rings (SSSR count). The molecule has 1 heterocycles. The number of rotatable bonds is 1. The van der Waals surface area contributed by atoms with E-state index in [2.05, 4.69) is 6.07 Å². The van der Waals surface area contributed by atoms with Crippen LogP contribution < -0.4 is 0 Å². The van der Waals surface area contributed by atoms with E-state index < -0.39 is 5.41 Å². The molecule has 0 N–H and O–H groups in total. The fraction of sp³-hybridized carbons (Fsp3) is 0.778. The van der Waals surface area contributed by atoms with Crippen LogP contribution in [0.1, 0.15) is 25.7 Å². The summed E-state index contributed by atoms with van der Waals surface area (Å²) in [6.45, 7) is 1.25. The average Bonchev–Trinajstić information content (AvgIpc) is 2.54. The minimum Gasteiger partial charge on any atom is -0.271 e. The third-order valence-electron chi connectivity index (χ3n) is 2.81. The van der Waals surface area contributed by atoms with E-state index in [1.165, 1.54) is 5.06 Å². The van der Waals surface area contributed by atoms with Crippen molar-refractivity contribution in [2.75, 3.05) is 13.2 Å². The Labute approximate surface area is 77.0 Å². The van der Waals surface area contributed by atoms with Gasteiger partial charge in [0, 0.05) is 0 Å². The molecule has 0 aromatic heterocycles. The maximum atomic E-state index is 11.8. The number of nitrogens with zero attached hydrogens (tertiary/aromatic N) is 2. The highest BCUT2D eigenvalue weighted by molar-refractivity contribution is 5.85. The van der Waals surface area contributed by atoms with Crippen molar-refractivity contribution < 1.29 is 9.63 Å². The van der Waals surface area contributed by atoms with Crippen LogP contribution in [0, 0.1) is 16.7 Å². The molecule has 0 spiro atoms. The fourth-order valence-electron chi connectivity index (χ4n) is 1.75. The predicted molar refractivity (Wildman–Crippen MR) is 44.2 cm³/mol. The zero-order valence-electron chi connectivity index (χ0n) is 7.45. The quantitative estimate of drug-likeness (QED) is 0.601. The smallest absolute Gasteiger partial charge is 0.266 e. The van der Waals surface area contributed by atoms with Crippen molar-refractivity contribution in [1.29, 1.82) is 5.26 Å². The molecule has 1 amide bonds. The van der Waals surface area contributed by atoms with Gasteiger partial charge in [0.05, 0.1) is 19.2 Å². The summed E-state index contributed by atoms with van der Waals surface area (Å²) in [5, 5.41) is 10.3. The fourth-order valence-corrected chi connectivity index (χ4v) is 1.75. The standard InChI is InChI=1S/C9H12N2O2/c10-7-9(3-1-4-9)8(12)11-5-2-6-13-11/h1-6H2. The summed E-state index contributed by atoms with van der Waals surface area (Å²) in [4.78, 5) is 16.9. The first-order chi connectivity index (χ1) is 6.28. The normalized spacial score (nSPS) is 25.0. The molecule has 4 nitrogen and oxygen atoms in total. The van der Waals surface area contributed by atoms with E-state index in [0.29, 0.717) is 26.0 Å². The van der Waals surface area contributed by atoms with Gasteiger partial charge in [0.25, 0.3) is 5.91 Å². The van der Waals surface area contributed by atoms with E-state index in [1.807, 2.05) is 0 Å². The van der Waals surface area contributed by atoms with Gasteiger partial charge in [-0.25, -0.2) is 5.06 Å². The van der Waals surface area contributed by atoms with E-state index in [-0.39, 0.29) is 5.91 Å². The van der Waals surface area contributed by atoms with Crippen LogP contribution in [-0.4, -0.2) is 24.1 Å². The molecule has 0 aromatic rings. The minimum absolute atomic E-state index is 0.126. The first-order valence-electron chi connectivity index (χ1n) is 4.65. The van der Waals surface area contributed by atoms with Crippen molar-refractivity contribution in [2.45, 2.75) is 25.7 Å². The second kappa shape index (κ2) is 3.00. The summed E-state index contributed by atoms with van der Waals surface area (Å²) in [6.07, 6.45) is 3.25. The van der Waals surface area contributed by atoms with Crippen LogP contribution in [0.25, 0.3) is 0 Å². The van der Waals surface area contributed by atoms with Gasteiger partial charge in [-0.15, -0.1) is 0 Å². The van der Waals surface area contributed by atoms with Gasteiger partial charge in [-0.2, -0.15) is 5.26 Å². The van der Waals surface area contributed by atoms with E-state index in [4.69, 9.17) is 10.1 Å².